The van der Waals surface area contributed by atoms with E-state index in [4.69, 9.17) is 4.74 Å². The number of nitrogens with one attached hydrogen (secondary N) is 1. The molecule has 4 nitrogen and oxygen atoms in total. The molecule has 0 aromatic heterocycles. The number of rotatable bonds is 6. The van der Waals surface area contributed by atoms with Crippen LogP contribution in [0.15, 0.2) is 30.9 Å². The van der Waals surface area contributed by atoms with Crippen molar-refractivity contribution < 1.29 is 9.53 Å². The highest BCUT2D eigenvalue weighted by Gasteiger charge is 2.17. The molecule has 0 aliphatic carbocycles. The molecule has 0 unspecified atom stereocenters. The van der Waals surface area contributed by atoms with E-state index in [0.717, 1.165) is 30.6 Å². The number of amides is 1. The molecule has 1 aromatic carbocycles. The molecule has 0 saturated carbocycles. The van der Waals surface area contributed by atoms with Crippen LogP contribution in [0.4, 0.5) is 5.69 Å². The van der Waals surface area contributed by atoms with E-state index in [1.54, 1.807) is 18.1 Å². The lowest BCUT2D eigenvalue weighted by Gasteiger charge is -2.23. The minimum atomic E-state index is 0.0373. The number of carbonyl (C=O) groups excluding carboxylic acids is 1. The van der Waals surface area contributed by atoms with Gasteiger partial charge in [0.15, 0.2) is 0 Å². The number of hydrogen-bond donors (Lipinski definition) is 1. The van der Waals surface area contributed by atoms with E-state index < -0.39 is 0 Å². The van der Waals surface area contributed by atoms with Crippen LogP contribution >= 0.6 is 0 Å². The van der Waals surface area contributed by atoms with Gasteiger partial charge in [0.25, 0.3) is 5.91 Å². The van der Waals surface area contributed by atoms with Gasteiger partial charge in [-0.1, -0.05) is 6.08 Å². The molecule has 1 aliphatic heterocycles. The average Bonchev–Trinajstić information content (AvgIpc) is 2.50. The maximum atomic E-state index is 12.5. The van der Waals surface area contributed by atoms with Crippen LogP contribution in [-0.4, -0.2) is 44.2 Å². The van der Waals surface area contributed by atoms with Gasteiger partial charge < -0.3 is 15.0 Å². The minimum absolute atomic E-state index is 0.0373. The molecule has 1 heterocycles. The van der Waals surface area contributed by atoms with Crippen molar-refractivity contribution in [1.82, 2.24) is 4.90 Å². The topological polar surface area (TPSA) is 41.6 Å². The third-order valence-electron chi connectivity index (χ3n) is 3.49. The number of methoxy groups -OCH3 is 1. The maximum Gasteiger partial charge on any atom is 0.254 e. The average molecular weight is 274 g/mol. The number of nitrogens with zero attached hydrogens (tertiary/aromatic N) is 1. The standard InChI is InChI=1S/C16H22N2O2/c1-3-9-18(10-11-20-2)16(19)14-6-7-15-13(12-14)5-4-8-17-15/h3,6-7,12,17H,1,4-5,8-11H2,2H3. The number of benzene rings is 1. The minimum Gasteiger partial charge on any atom is -0.385 e. The zero-order chi connectivity index (χ0) is 14.4. The fraction of sp³-hybridized carbons (Fsp3) is 0.438. The first kappa shape index (κ1) is 14.6. The Balaban J connectivity index is 2.15. The SMILES string of the molecule is C=CCN(CCOC)C(=O)c1ccc2c(c1)CCCN2. The third kappa shape index (κ3) is 3.39. The molecular weight excluding hydrogens is 252 g/mol. The van der Waals surface area contributed by atoms with Crippen LogP contribution < -0.4 is 5.32 Å². The van der Waals surface area contributed by atoms with Gasteiger partial charge in [0.2, 0.25) is 0 Å². The predicted octanol–water partition coefficient (Wildman–Crippen LogP) is 2.32. The van der Waals surface area contributed by atoms with E-state index in [-0.39, 0.29) is 5.91 Å². The van der Waals surface area contributed by atoms with Crippen LogP contribution in [0.1, 0.15) is 22.3 Å². The van der Waals surface area contributed by atoms with Crippen molar-refractivity contribution in [3.8, 4) is 0 Å². The summed E-state index contributed by atoms with van der Waals surface area (Å²) < 4.78 is 5.06. The summed E-state index contributed by atoms with van der Waals surface area (Å²) in [6, 6.07) is 5.90. The Kier molecular flexibility index (Phi) is 5.18. The summed E-state index contributed by atoms with van der Waals surface area (Å²) in [5, 5.41) is 3.36. The van der Waals surface area contributed by atoms with Crippen LogP contribution in [0.2, 0.25) is 0 Å². The Morgan fingerprint density at radius 3 is 3.15 bits per heavy atom. The molecule has 1 N–H and O–H groups in total. The van der Waals surface area contributed by atoms with Gasteiger partial charge in [-0.25, -0.2) is 0 Å². The molecule has 108 valence electrons. The Bertz CT molecular complexity index is 485. The normalized spacial score (nSPS) is 13.2. The van der Waals surface area contributed by atoms with E-state index >= 15 is 0 Å². The summed E-state index contributed by atoms with van der Waals surface area (Å²) in [7, 11) is 1.64. The molecule has 2 rings (SSSR count). The quantitative estimate of drug-likeness (QED) is 0.809. The van der Waals surface area contributed by atoms with E-state index in [9.17, 15) is 4.79 Å². The van der Waals surface area contributed by atoms with Crippen LogP contribution in [-0.2, 0) is 11.2 Å². The van der Waals surface area contributed by atoms with Crippen molar-refractivity contribution in [1.29, 1.82) is 0 Å². The molecule has 1 aliphatic rings. The summed E-state index contributed by atoms with van der Waals surface area (Å²) in [4.78, 5) is 14.3. The van der Waals surface area contributed by atoms with Gasteiger partial charge in [-0.2, -0.15) is 0 Å². The maximum absolute atomic E-state index is 12.5. The molecule has 0 saturated heterocycles. The van der Waals surface area contributed by atoms with Crippen LogP contribution in [0, 0.1) is 0 Å². The predicted molar refractivity (Wildman–Crippen MR) is 81.2 cm³/mol. The second-order valence-corrected chi connectivity index (χ2v) is 4.93. The van der Waals surface area contributed by atoms with E-state index in [1.807, 2.05) is 18.2 Å². The van der Waals surface area contributed by atoms with Crippen molar-refractivity contribution in [3.05, 3.63) is 42.0 Å². The summed E-state index contributed by atoms with van der Waals surface area (Å²) in [6.07, 6.45) is 3.89. The zero-order valence-corrected chi connectivity index (χ0v) is 12.0. The van der Waals surface area contributed by atoms with Gasteiger partial charge in [-0.3, -0.25) is 4.79 Å². The first-order valence-corrected chi connectivity index (χ1v) is 7.02. The van der Waals surface area contributed by atoms with E-state index in [2.05, 4.69) is 11.9 Å². The summed E-state index contributed by atoms with van der Waals surface area (Å²) in [5.74, 6) is 0.0373. The number of anilines is 1. The Labute approximate surface area is 120 Å². The first-order valence-electron chi connectivity index (χ1n) is 7.02. The first-order chi connectivity index (χ1) is 9.76. The van der Waals surface area contributed by atoms with Gasteiger partial charge >= 0.3 is 0 Å². The van der Waals surface area contributed by atoms with Crippen LogP contribution in [0.25, 0.3) is 0 Å². The van der Waals surface area contributed by atoms with Crippen molar-refractivity contribution in [2.75, 3.05) is 38.7 Å². The molecule has 0 atom stereocenters. The fourth-order valence-corrected chi connectivity index (χ4v) is 2.42. The van der Waals surface area contributed by atoms with Crippen molar-refractivity contribution in [3.63, 3.8) is 0 Å². The van der Waals surface area contributed by atoms with E-state index in [1.165, 1.54) is 5.56 Å². The summed E-state index contributed by atoms with van der Waals surface area (Å²) >= 11 is 0. The second-order valence-electron chi connectivity index (χ2n) is 4.93. The molecule has 1 aromatic rings. The fourth-order valence-electron chi connectivity index (χ4n) is 2.42. The molecule has 0 bridgehead atoms. The smallest absolute Gasteiger partial charge is 0.254 e. The Morgan fingerprint density at radius 2 is 2.40 bits per heavy atom. The lowest BCUT2D eigenvalue weighted by Crippen LogP contribution is -2.34. The largest absolute Gasteiger partial charge is 0.385 e. The van der Waals surface area contributed by atoms with Gasteiger partial charge in [0.1, 0.15) is 0 Å². The summed E-state index contributed by atoms with van der Waals surface area (Å²) in [6.45, 7) is 6.37. The van der Waals surface area contributed by atoms with Crippen molar-refractivity contribution in [2.45, 2.75) is 12.8 Å². The van der Waals surface area contributed by atoms with E-state index in [0.29, 0.717) is 19.7 Å². The highest BCUT2D eigenvalue weighted by Crippen LogP contribution is 2.23. The highest BCUT2D eigenvalue weighted by molar-refractivity contribution is 5.95. The van der Waals surface area contributed by atoms with Gasteiger partial charge in [0.05, 0.1) is 6.61 Å². The second kappa shape index (κ2) is 7.10. The molecule has 20 heavy (non-hydrogen) atoms. The number of aryl methyl sites for hydroxylation is 1. The number of hydrogen-bond acceptors (Lipinski definition) is 3. The van der Waals surface area contributed by atoms with Gasteiger partial charge in [-0.05, 0) is 36.6 Å². The molecular formula is C16H22N2O2. The Hall–Kier alpha value is -1.81. The van der Waals surface area contributed by atoms with Crippen LogP contribution in [0.5, 0.6) is 0 Å². The number of fused-ring (bicyclic) bond motifs is 1. The summed E-state index contributed by atoms with van der Waals surface area (Å²) in [5.41, 5.74) is 3.12. The van der Waals surface area contributed by atoms with Crippen molar-refractivity contribution in [2.24, 2.45) is 0 Å². The van der Waals surface area contributed by atoms with Crippen molar-refractivity contribution >= 4 is 11.6 Å². The molecule has 0 spiro atoms. The van der Waals surface area contributed by atoms with Crippen LogP contribution in [0.3, 0.4) is 0 Å². The lowest BCUT2D eigenvalue weighted by atomic mass is 10.0. The van der Waals surface area contributed by atoms with Gasteiger partial charge in [0, 0.05) is 38.0 Å². The molecule has 4 heteroatoms. The molecule has 0 fully saturated rings. The third-order valence-corrected chi connectivity index (χ3v) is 3.49. The Morgan fingerprint density at radius 1 is 1.55 bits per heavy atom. The molecule has 1 amide bonds. The monoisotopic (exact) mass is 274 g/mol. The number of carbonyl (C=O) groups is 1. The highest BCUT2D eigenvalue weighted by atomic mass is 16.5. The lowest BCUT2D eigenvalue weighted by molar-refractivity contribution is 0.0718. The number of ether oxygens (including phenoxy) is 1. The van der Waals surface area contributed by atoms with Gasteiger partial charge in [-0.15, -0.1) is 6.58 Å². The zero-order valence-electron chi connectivity index (χ0n) is 12.0. The molecule has 0 radical (unpaired) electrons.